The van der Waals surface area contributed by atoms with Gasteiger partial charge in [-0.05, 0) is 53.3 Å². The first-order valence-corrected chi connectivity index (χ1v) is 13.6. The highest BCUT2D eigenvalue weighted by atomic mass is 32.2. The summed E-state index contributed by atoms with van der Waals surface area (Å²) in [7, 11) is 0. The highest BCUT2D eigenvalue weighted by Gasteiger charge is 2.26. The van der Waals surface area contributed by atoms with Crippen molar-refractivity contribution in [3.05, 3.63) is 107 Å². The lowest BCUT2D eigenvalue weighted by Gasteiger charge is -2.19. The van der Waals surface area contributed by atoms with E-state index in [9.17, 15) is 13.6 Å². The number of rotatable bonds is 8. The van der Waals surface area contributed by atoms with Gasteiger partial charge in [-0.25, -0.2) is 13.5 Å². The predicted octanol–water partition coefficient (Wildman–Crippen LogP) is 6.55. The largest absolute Gasteiger partial charge is 0.323 e. The second kappa shape index (κ2) is 10.6. The molecule has 0 saturated carbocycles. The quantitative estimate of drug-likeness (QED) is 0.238. The first-order valence-electron chi connectivity index (χ1n) is 11.7. The molecule has 0 spiro atoms. The van der Waals surface area contributed by atoms with Crippen molar-refractivity contribution < 1.29 is 13.6 Å². The van der Waals surface area contributed by atoms with Gasteiger partial charge in [0.25, 0.3) is 17.2 Å². The second-order valence-electron chi connectivity index (χ2n) is 8.38. The van der Waals surface area contributed by atoms with Crippen molar-refractivity contribution in [2.45, 2.75) is 26.3 Å². The van der Waals surface area contributed by atoms with Crippen molar-refractivity contribution in [2.24, 2.45) is 0 Å². The Morgan fingerprint density at radius 3 is 2.44 bits per heavy atom. The molecule has 1 N–H and O–H groups in total. The second-order valence-corrected chi connectivity index (χ2v) is 10.1. The molecule has 182 valence electrons. The summed E-state index contributed by atoms with van der Waals surface area (Å²) in [6.07, 6.45) is 1.93. The molecule has 2 aromatic heterocycles. The number of carbonyl (C=O) groups excluding carboxylic acids is 1. The number of amides is 1. The standard InChI is InChI=1S/C28H25N3O3S2/c1-2-8-26-29-23-11-6-7-12-24(23)30(26)19-20-13-15-21(16-14-20)27-25(17-18-35-27)31(36(33)34)28(32)22-9-4-3-5-10-22/h3-7,9-18H,2,8,19H2,1H3,(H,33,34). The van der Waals surface area contributed by atoms with Crippen molar-refractivity contribution >= 4 is 45.2 Å². The van der Waals surface area contributed by atoms with Gasteiger partial charge in [0.1, 0.15) is 5.82 Å². The van der Waals surface area contributed by atoms with Crippen LogP contribution < -0.4 is 4.31 Å². The van der Waals surface area contributed by atoms with E-state index >= 15 is 0 Å². The molecule has 0 aliphatic carbocycles. The highest BCUT2D eigenvalue weighted by molar-refractivity contribution is 7.81. The van der Waals surface area contributed by atoms with E-state index in [4.69, 9.17) is 4.98 Å². The maximum atomic E-state index is 13.1. The molecule has 0 bridgehead atoms. The fourth-order valence-corrected chi connectivity index (χ4v) is 5.81. The molecule has 6 nitrogen and oxygen atoms in total. The summed E-state index contributed by atoms with van der Waals surface area (Å²) in [6.45, 7) is 2.86. The van der Waals surface area contributed by atoms with Crippen molar-refractivity contribution in [1.29, 1.82) is 0 Å². The minimum atomic E-state index is -2.51. The molecule has 0 aliphatic heterocycles. The zero-order chi connectivity index (χ0) is 25.1. The van der Waals surface area contributed by atoms with Gasteiger partial charge in [-0.2, -0.15) is 0 Å². The van der Waals surface area contributed by atoms with Crippen LogP contribution in [0.3, 0.4) is 0 Å². The Kier molecular flexibility index (Phi) is 7.09. The number of anilines is 1. The van der Waals surface area contributed by atoms with Crippen molar-refractivity contribution in [3.8, 4) is 10.4 Å². The fraction of sp³-hybridized carbons (Fsp3) is 0.143. The highest BCUT2D eigenvalue weighted by Crippen LogP contribution is 2.37. The summed E-state index contributed by atoms with van der Waals surface area (Å²) in [6, 6.07) is 26.5. The third-order valence-electron chi connectivity index (χ3n) is 5.99. The first kappa shape index (κ1) is 24.1. The van der Waals surface area contributed by atoms with Crippen LogP contribution in [-0.4, -0.2) is 24.2 Å². The van der Waals surface area contributed by atoms with Crippen molar-refractivity contribution in [3.63, 3.8) is 0 Å². The molecule has 0 radical (unpaired) electrons. The van der Waals surface area contributed by atoms with Gasteiger partial charge >= 0.3 is 0 Å². The maximum absolute atomic E-state index is 13.1. The molecule has 0 fully saturated rings. The molecule has 1 amide bonds. The molecule has 3 aromatic carbocycles. The van der Waals surface area contributed by atoms with E-state index in [2.05, 4.69) is 29.7 Å². The molecule has 5 rings (SSSR count). The number of aryl methyl sites for hydroxylation is 1. The molecule has 0 saturated heterocycles. The average Bonchev–Trinajstić information content (AvgIpc) is 3.50. The van der Waals surface area contributed by atoms with Crippen LogP contribution in [0, 0.1) is 0 Å². The number of fused-ring (bicyclic) bond motifs is 1. The lowest BCUT2D eigenvalue weighted by atomic mass is 10.1. The van der Waals surface area contributed by atoms with E-state index in [1.165, 1.54) is 11.3 Å². The molecule has 36 heavy (non-hydrogen) atoms. The average molecular weight is 516 g/mol. The van der Waals surface area contributed by atoms with E-state index in [1.807, 2.05) is 35.7 Å². The molecular weight excluding hydrogens is 490 g/mol. The van der Waals surface area contributed by atoms with E-state index in [-0.39, 0.29) is 0 Å². The van der Waals surface area contributed by atoms with E-state index in [1.54, 1.807) is 36.4 Å². The SMILES string of the molecule is CCCc1nc2ccccc2n1Cc1ccc(-c2sccc2N(C(=O)c2ccccc2)S(=O)O)cc1. The lowest BCUT2D eigenvalue weighted by Crippen LogP contribution is -2.32. The summed E-state index contributed by atoms with van der Waals surface area (Å²) in [5.41, 5.74) is 4.88. The molecule has 1 atom stereocenters. The lowest BCUT2D eigenvalue weighted by molar-refractivity contribution is 0.100. The van der Waals surface area contributed by atoms with Crippen LogP contribution in [0.5, 0.6) is 0 Å². The Bertz CT molecular complexity index is 1530. The van der Waals surface area contributed by atoms with Gasteiger partial charge in [0.15, 0.2) is 0 Å². The van der Waals surface area contributed by atoms with Crippen LogP contribution >= 0.6 is 11.3 Å². The summed E-state index contributed by atoms with van der Waals surface area (Å²) in [5, 5.41) is 1.82. The van der Waals surface area contributed by atoms with Crippen LogP contribution in [0.15, 0.2) is 90.3 Å². The van der Waals surface area contributed by atoms with Gasteiger partial charge in [-0.15, -0.1) is 11.3 Å². The van der Waals surface area contributed by atoms with Gasteiger partial charge in [0.05, 0.1) is 21.6 Å². The minimum absolute atomic E-state index is 0.350. The normalized spacial score (nSPS) is 12.1. The van der Waals surface area contributed by atoms with Crippen molar-refractivity contribution in [1.82, 2.24) is 9.55 Å². The number of aromatic nitrogens is 2. The number of thiophene rings is 1. The fourth-order valence-electron chi connectivity index (χ4n) is 4.30. The number of carbonyl (C=O) groups is 1. The third kappa shape index (κ3) is 4.75. The summed E-state index contributed by atoms with van der Waals surface area (Å²) in [5.74, 6) is 0.548. The summed E-state index contributed by atoms with van der Waals surface area (Å²) < 4.78 is 25.4. The molecule has 0 aliphatic rings. The van der Waals surface area contributed by atoms with Gasteiger partial charge in [0, 0.05) is 18.5 Å². The number of imidazole rings is 1. The number of hydrogen-bond acceptors (Lipinski definition) is 4. The topological polar surface area (TPSA) is 75.4 Å². The third-order valence-corrected chi connectivity index (χ3v) is 7.62. The summed E-state index contributed by atoms with van der Waals surface area (Å²) in [4.78, 5) is 18.6. The summed E-state index contributed by atoms with van der Waals surface area (Å²) >= 11 is -1.08. The smallest absolute Gasteiger partial charge is 0.272 e. The maximum Gasteiger partial charge on any atom is 0.272 e. The number of nitrogens with zero attached hydrogens (tertiary/aromatic N) is 3. The van der Waals surface area contributed by atoms with E-state index in [0.717, 1.165) is 50.0 Å². The van der Waals surface area contributed by atoms with Crippen LogP contribution in [0.4, 0.5) is 5.69 Å². The van der Waals surface area contributed by atoms with Crippen LogP contribution in [-0.2, 0) is 24.2 Å². The Labute approximate surface area is 216 Å². The molecule has 2 heterocycles. The van der Waals surface area contributed by atoms with Gasteiger partial charge < -0.3 is 4.57 Å². The zero-order valence-electron chi connectivity index (χ0n) is 19.7. The molecule has 1 unspecified atom stereocenters. The van der Waals surface area contributed by atoms with E-state index < -0.39 is 17.2 Å². The Morgan fingerprint density at radius 1 is 1.00 bits per heavy atom. The molecule has 5 aromatic rings. The minimum Gasteiger partial charge on any atom is -0.323 e. The molecule has 8 heteroatoms. The number of para-hydroxylation sites is 2. The first-order chi connectivity index (χ1) is 17.6. The van der Waals surface area contributed by atoms with Crippen LogP contribution in [0.1, 0.15) is 35.1 Å². The van der Waals surface area contributed by atoms with Crippen LogP contribution in [0.2, 0.25) is 0 Å². The Balaban J connectivity index is 1.45. The van der Waals surface area contributed by atoms with Crippen molar-refractivity contribution in [2.75, 3.05) is 4.31 Å². The number of hydrogen-bond donors (Lipinski definition) is 1. The van der Waals surface area contributed by atoms with Gasteiger partial charge in [0.2, 0.25) is 0 Å². The van der Waals surface area contributed by atoms with E-state index in [0.29, 0.717) is 17.8 Å². The van der Waals surface area contributed by atoms with Gasteiger partial charge in [-0.1, -0.05) is 61.5 Å². The molecular formula is C28H25N3O3S2. The van der Waals surface area contributed by atoms with Gasteiger partial charge in [-0.3, -0.25) is 9.35 Å². The Morgan fingerprint density at radius 2 is 1.72 bits per heavy atom. The zero-order valence-corrected chi connectivity index (χ0v) is 21.3. The Hall–Kier alpha value is -3.59. The number of benzene rings is 3. The van der Waals surface area contributed by atoms with Crippen LogP contribution in [0.25, 0.3) is 21.5 Å². The predicted molar refractivity (Wildman–Crippen MR) is 147 cm³/mol. The monoisotopic (exact) mass is 515 g/mol.